The first kappa shape index (κ1) is 17.2. The molecule has 0 aromatic carbocycles. The van der Waals surface area contributed by atoms with Crippen LogP contribution in [0.2, 0.25) is 0 Å². The van der Waals surface area contributed by atoms with E-state index in [1.807, 2.05) is 17.0 Å². The number of ether oxygens (including phenoxy) is 1. The lowest BCUT2D eigenvalue weighted by Gasteiger charge is -2.39. The normalized spacial score (nSPS) is 19.4. The quantitative estimate of drug-likeness (QED) is 0.910. The molecule has 0 spiro atoms. The Bertz CT molecular complexity index is 556. The maximum atomic E-state index is 12.1. The third kappa shape index (κ3) is 4.92. The molecule has 7 nitrogen and oxygen atoms in total. The molecule has 1 aromatic heterocycles. The number of amides is 1. The van der Waals surface area contributed by atoms with Crippen molar-refractivity contribution in [3.8, 4) is 0 Å². The summed E-state index contributed by atoms with van der Waals surface area (Å²) in [7, 11) is 0. The molecule has 1 aliphatic heterocycles. The second-order valence-corrected chi connectivity index (χ2v) is 6.61. The summed E-state index contributed by atoms with van der Waals surface area (Å²) < 4.78 is 5.33. The number of carboxylic acids is 1. The highest BCUT2D eigenvalue weighted by Crippen LogP contribution is 2.17. The van der Waals surface area contributed by atoms with Gasteiger partial charge in [0.2, 0.25) is 0 Å². The fourth-order valence-corrected chi connectivity index (χ4v) is 2.46. The van der Waals surface area contributed by atoms with Crippen molar-refractivity contribution < 1.29 is 19.4 Å². The lowest BCUT2D eigenvalue weighted by molar-refractivity contribution is -0.145. The van der Waals surface area contributed by atoms with Crippen LogP contribution in [-0.2, 0) is 16.1 Å². The zero-order valence-electron chi connectivity index (χ0n) is 13.7. The molecular formula is C16H23N3O4. The Labute approximate surface area is 135 Å². The first-order chi connectivity index (χ1) is 10.8. The monoisotopic (exact) mass is 321 g/mol. The number of carbonyl (C=O) groups is 2. The van der Waals surface area contributed by atoms with Crippen molar-refractivity contribution in [1.82, 2.24) is 14.8 Å². The van der Waals surface area contributed by atoms with Crippen LogP contribution in [0.25, 0.3) is 0 Å². The van der Waals surface area contributed by atoms with E-state index in [0.29, 0.717) is 19.6 Å². The van der Waals surface area contributed by atoms with Crippen LogP contribution in [0.4, 0.5) is 4.79 Å². The van der Waals surface area contributed by atoms with Gasteiger partial charge in [-0.3, -0.25) is 14.7 Å². The maximum absolute atomic E-state index is 12.1. The number of pyridine rings is 1. The van der Waals surface area contributed by atoms with Gasteiger partial charge in [-0.15, -0.1) is 0 Å². The number of aliphatic carboxylic acids is 1. The van der Waals surface area contributed by atoms with Crippen molar-refractivity contribution in [2.45, 2.75) is 39.0 Å². The molecule has 2 heterocycles. The number of piperazine rings is 1. The molecule has 1 amide bonds. The van der Waals surface area contributed by atoms with E-state index in [1.54, 1.807) is 33.2 Å². The van der Waals surface area contributed by atoms with E-state index in [1.165, 1.54) is 4.90 Å². The highest BCUT2D eigenvalue weighted by molar-refractivity contribution is 5.76. The molecular weight excluding hydrogens is 298 g/mol. The van der Waals surface area contributed by atoms with Crippen molar-refractivity contribution in [2.75, 3.05) is 19.6 Å². The third-order valence-corrected chi connectivity index (χ3v) is 3.56. The fourth-order valence-electron chi connectivity index (χ4n) is 2.46. The van der Waals surface area contributed by atoms with Crippen LogP contribution in [0.1, 0.15) is 26.3 Å². The molecule has 0 bridgehead atoms. The number of rotatable bonds is 3. The Balaban J connectivity index is 2.03. The minimum atomic E-state index is -0.938. The van der Waals surface area contributed by atoms with Gasteiger partial charge in [0.25, 0.3) is 0 Å². The Morgan fingerprint density at radius 3 is 2.52 bits per heavy atom. The van der Waals surface area contributed by atoms with Gasteiger partial charge in [0.05, 0.1) is 6.54 Å². The molecule has 23 heavy (non-hydrogen) atoms. The van der Waals surface area contributed by atoms with Crippen molar-refractivity contribution in [3.63, 3.8) is 0 Å². The van der Waals surface area contributed by atoms with Crippen molar-refractivity contribution >= 4 is 12.1 Å². The molecule has 126 valence electrons. The molecule has 1 aromatic rings. The van der Waals surface area contributed by atoms with E-state index in [9.17, 15) is 14.7 Å². The second-order valence-electron chi connectivity index (χ2n) is 6.61. The van der Waals surface area contributed by atoms with E-state index in [-0.39, 0.29) is 6.54 Å². The fraction of sp³-hybridized carbons (Fsp3) is 0.562. The van der Waals surface area contributed by atoms with Crippen LogP contribution >= 0.6 is 0 Å². The zero-order chi connectivity index (χ0) is 17.0. The lowest BCUT2D eigenvalue weighted by atomic mass is 10.1. The molecule has 1 N–H and O–H groups in total. The smallest absolute Gasteiger partial charge is 0.410 e. The van der Waals surface area contributed by atoms with Gasteiger partial charge in [-0.1, -0.05) is 0 Å². The topological polar surface area (TPSA) is 83.0 Å². The Morgan fingerprint density at radius 2 is 1.96 bits per heavy atom. The van der Waals surface area contributed by atoms with Crippen LogP contribution in [0.3, 0.4) is 0 Å². The Kier molecular flexibility index (Phi) is 5.20. The minimum absolute atomic E-state index is 0.120. The van der Waals surface area contributed by atoms with Crippen molar-refractivity contribution in [2.24, 2.45) is 0 Å². The highest BCUT2D eigenvalue weighted by atomic mass is 16.6. The van der Waals surface area contributed by atoms with E-state index in [0.717, 1.165) is 5.56 Å². The number of hydrogen-bond acceptors (Lipinski definition) is 5. The maximum Gasteiger partial charge on any atom is 0.410 e. The van der Waals surface area contributed by atoms with Crippen LogP contribution in [-0.4, -0.2) is 63.2 Å². The summed E-state index contributed by atoms with van der Waals surface area (Å²) in [6, 6.07) is 2.97. The van der Waals surface area contributed by atoms with E-state index < -0.39 is 23.7 Å². The molecule has 1 aliphatic rings. The highest BCUT2D eigenvalue weighted by Gasteiger charge is 2.35. The first-order valence-corrected chi connectivity index (χ1v) is 7.60. The van der Waals surface area contributed by atoms with Gasteiger partial charge in [-0.2, -0.15) is 0 Å². The van der Waals surface area contributed by atoms with Crippen molar-refractivity contribution in [3.05, 3.63) is 30.1 Å². The molecule has 0 radical (unpaired) electrons. The van der Waals surface area contributed by atoms with Gasteiger partial charge in [-0.05, 0) is 38.5 Å². The van der Waals surface area contributed by atoms with Gasteiger partial charge in [0.1, 0.15) is 11.6 Å². The number of aromatic nitrogens is 1. The Hall–Kier alpha value is -2.15. The number of carbonyl (C=O) groups excluding carboxylic acids is 1. The van der Waals surface area contributed by atoms with E-state index >= 15 is 0 Å². The van der Waals surface area contributed by atoms with Gasteiger partial charge in [0.15, 0.2) is 0 Å². The minimum Gasteiger partial charge on any atom is -0.480 e. The summed E-state index contributed by atoms with van der Waals surface area (Å²) in [6.07, 6.45) is 2.90. The molecule has 1 saturated heterocycles. The van der Waals surface area contributed by atoms with E-state index in [4.69, 9.17) is 4.74 Å². The summed E-state index contributed by atoms with van der Waals surface area (Å²) in [5.41, 5.74) is 0.404. The largest absolute Gasteiger partial charge is 0.480 e. The summed E-state index contributed by atoms with van der Waals surface area (Å²) in [5, 5.41) is 9.49. The van der Waals surface area contributed by atoms with Crippen LogP contribution in [0, 0.1) is 0 Å². The Morgan fingerprint density at radius 1 is 1.30 bits per heavy atom. The summed E-state index contributed by atoms with van der Waals surface area (Å²) >= 11 is 0. The SMILES string of the molecule is CC(C)(C)OC(=O)N1CCN(Cc2ccncc2)[C@H](C(=O)O)C1. The molecule has 1 fully saturated rings. The van der Waals surface area contributed by atoms with Gasteiger partial charge in [0, 0.05) is 32.0 Å². The summed E-state index contributed by atoms with van der Waals surface area (Å²) in [6.45, 7) is 6.94. The van der Waals surface area contributed by atoms with Crippen LogP contribution in [0.5, 0.6) is 0 Å². The molecule has 0 aliphatic carbocycles. The number of nitrogens with zero attached hydrogens (tertiary/aromatic N) is 3. The molecule has 0 unspecified atom stereocenters. The zero-order valence-corrected chi connectivity index (χ0v) is 13.7. The summed E-state index contributed by atoms with van der Waals surface area (Å²) in [4.78, 5) is 31.0. The average Bonchev–Trinajstić information content (AvgIpc) is 2.46. The van der Waals surface area contributed by atoms with Gasteiger partial charge in [-0.25, -0.2) is 4.79 Å². The number of carboxylic acid groups (broad SMARTS) is 1. The van der Waals surface area contributed by atoms with Crippen LogP contribution < -0.4 is 0 Å². The molecule has 2 rings (SSSR count). The first-order valence-electron chi connectivity index (χ1n) is 7.60. The van der Waals surface area contributed by atoms with Gasteiger partial charge >= 0.3 is 12.1 Å². The lowest BCUT2D eigenvalue weighted by Crippen LogP contribution is -2.57. The molecule has 1 atom stereocenters. The number of hydrogen-bond donors (Lipinski definition) is 1. The molecule has 7 heteroatoms. The second kappa shape index (κ2) is 6.95. The van der Waals surface area contributed by atoms with Gasteiger partial charge < -0.3 is 14.7 Å². The predicted octanol–water partition coefficient (Wildman–Crippen LogP) is 1.59. The van der Waals surface area contributed by atoms with E-state index in [2.05, 4.69) is 4.98 Å². The summed E-state index contributed by atoms with van der Waals surface area (Å²) in [5.74, 6) is -0.938. The predicted molar refractivity (Wildman–Crippen MR) is 83.9 cm³/mol. The van der Waals surface area contributed by atoms with Crippen LogP contribution in [0.15, 0.2) is 24.5 Å². The third-order valence-electron chi connectivity index (χ3n) is 3.56. The van der Waals surface area contributed by atoms with Crippen molar-refractivity contribution in [1.29, 1.82) is 0 Å². The standard InChI is InChI=1S/C16H23N3O4/c1-16(2,3)23-15(22)19-9-8-18(13(11-19)14(20)21)10-12-4-6-17-7-5-12/h4-7,13H,8-11H2,1-3H3,(H,20,21)/t13-/m0/s1. The average molecular weight is 321 g/mol. The molecule has 0 saturated carbocycles.